The first kappa shape index (κ1) is 18.6. The van der Waals surface area contributed by atoms with E-state index < -0.39 is 15.9 Å². The SMILES string of the molecule is CCOc1c(Cl)cccc1NC(=O)CN1c2cccc3cccc(c23)S1(=O)=O. The minimum atomic E-state index is -3.80. The van der Waals surface area contributed by atoms with Crippen LogP contribution < -0.4 is 14.4 Å². The highest BCUT2D eigenvalue weighted by molar-refractivity contribution is 7.93. The molecular formula is C20H17ClN2O4S. The Hall–Kier alpha value is -2.77. The maximum absolute atomic E-state index is 13.0. The highest BCUT2D eigenvalue weighted by Gasteiger charge is 2.36. The molecule has 0 fully saturated rings. The van der Waals surface area contributed by atoms with Crippen LogP contribution in [0.1, 0.15) is 6.92 Å². The molecule has 0 radical (unpaired) electrons. The van der Waals surface area contributed by atoms with Gasteiger partial charge in [0.25, 0.3) is 10.0 Å². The number of nitrogens with zero attached hydrogens (tertiary/aromatic N) is 1. The molecule has 4 rings (SSSR count). The first-order valence-electron chi connectivity index (χ1n) is 8.69. The van der Waals surface area contributed by atoms with E-state index in [0.29, 0.717) is 34.1 Å². The maximum atomic E-state index is 13.0. The number of amides is 1. The van der Waals surface area contributed by atoms with Crippen LogP contribution in [-0.2, 0) is 14.8 Å². The molecule has 0 saturated heterocycles. The number of ether oxygens (including phenoxy) is 1. The van der Waals surface area contributed by atoms with Gasteiger partial charge in [0.15, 0.2) is 5.75 Å². The van der Waals surface area contributed by atoms with Gasteiger partial charge in [0.1, 0.15) is 6.54 Å². The summed E-state index contributed by atoms with van der Waals surface area (Å²) >= 11 is 6.14. The predicted octanol–water partition coefficient (Wildman–Crippen LogP) is 4.04. The number of rotatable bonds is 5. The van der Waals surface area contributed by atoms with Gasteiger partial charge in [-0.15, -0.1) is 0 Å². The molecule has 0 saturated carbocycles. The van der Waals surface area contributed by atoms with Gasteiger partial charge in [0.05, 0.1) is 27.9 Å². The summed E-state index contributed by atoms with van der Waals surface area (Å²) < 4.78 is 32.6. The first-order chi connectivity index (χ1) is 13.4. The lowest BCUT2D eigenvalue weighted by atomic mass is 10.1. The van der Waals surface area contributed by atoms with Crippen molar-refractivity contribution in [1.82, 2.24) is 0 Å². The van der Waals surface area contributed by atoms with Gasteiger partial charge in [0.2, 0.25) is 5.91 Å². The molecule has 0 aromatic heterocycles. The van der Waals surface area contributed by atoms with Crippen LogP contribution in [0.25, 0.3) is 10.8 Å². The van der Waals surface area contributed by atoms with E-state index in [1.807, 2.05) is 19.1 Å². The van der Waals surface area contributed by atoms with Crippen LogP contribution in [-0.4, -0.2) is 27.5 Å². The summed E-state index contributed by atoms with van der Waals surface area (Å²) in [5, 5.41) is 4.52. The summed E-state index contributed by atoms with van der Waals surface area (Å²) in [5.74, 6) is -0.133. The summed E-state index contributed by atoms with van der Waals surface area (Å²) in [6.07, 6.45) is 0. The summed E-state index contributed by atoms with van der Waals surface area (Å²) in [6, 6.07) is 15.4. The molecule has 1 aliphatic rings. The van der Waals surface area contributed by atoms with Crippen molar-refractivity contribution in [3.63, 3.8) is 0 Å². The quantitative estimate of drug-likeness (QED) is 0.681. The minimum Gasteiger partial charge on any atom is -0.490 e. The Morgan fingerprint density at radius 2 is 1.82 bits per heavy atom. The molecule has 144 valence electrons. The van der Waals surface area contributed by atoms with Gasteiger partial charge in [-0.25, -0.2) is 8.42 Å². The molecule has 0 unspecified atom stereocenters. The number of sulfonamides is 1. The minimum absolute atomic E-state index is 0.214. The standard InChI is InChI=1S/C20H17ClN2O4S/c1-2-27-20-14(21)8-5-9-15(20)22-18(24)12-23-16-10-3-6-13-7-4-11-17(19(13)16)28(23,25)26/h3-11H,2,12H2,1H3,(H,22,24). The number of carbonyl (C=O) groups excluding carboxylic acids is 1. The van der Waals surface area contributed by atoms with E-state index >= 15 is 0 Å². The lowest BCUT2D eigenvalue weighted by molar-refractivity contribution is -0.114. The molecule has 0 aliphatic carbocycles. The Balaban J connectivity index is 1.65. The maximum Gasteiger partial charge on any atom is 0.265 e. The Morgan fingerprint density at radius 1 is 1.11 bits per heavy atom. The van der Waals surface area contributed by atoms with Gasteiger partial charge in [-0.3, -0.25) is 9.10 Å². The zero-order valence-electron chi connectivity index (χ0n) is 15.0. The Labute approximate surface area is 167 Å². The molecule has 28 heavy (non-hydrogen) atoms. The van der Waals surface area contributed by atoms with Crippen LogP contribution in [0.5, 0.6) is 5.75 Å². The zero-order valence-corrected chi connectivity index (χ0v) is 16.5. The van der Waals surface area contributed by atoms with Gasteiger partial charge < -0.3 is 10.1 Å². The van der Waals surface area contributed by atoms with Gasteiger partial charge in [-0.1, -0.05) is 41.9 Å². The molecule has 8 heteroatoms. The number of benzene rings is 3. The molecule has 1 amide bonds. The molecule has 3 aromatic rings. The molecule has 1 N–H and O–H groups in total. The third kappa shape index (κ3) is 2.96. The van der Waals surface area contributed by atoms with Crippen LogP contribution in [0, 0.1) is 0 Å². The number of hydrogen-bond acceptors (Lipinski definition) is 4. The Bertz CT molecular complexity index is 1190. The number of nitrogens with one attached hydrogen (secondary N) is 1. The molecule has 0 spiro atoms. The fourth-order valence-electron chi connectivity index (χ4n) is 3.35. The van der Waals surface area contributed by atoms with Crippen molar-refractivity contribution in [1.29, 1.82) is 0 Å². The first-order valence-corrected chi connectivity index (χ1v) is 10.5. The molecule has 0 bridgehead atoms. The molecule has 1 heterocycles. The summed E-state index contributed by atoms with van der Waals surface area (Å²) in [5.41, 5.74) is 0.894. The largest absolute Gasteiger partial charge is 0.490 e. The van der Waals surface area contributed by atoms with E-state index in [0.717, 1.165) is 9.69 Å². The van der Waals surface area contributed by atoms with Crippen LogP contribution >= 0.6 is 11.6 Å². The van der Waals surface area contributed by atoms with E-state index in [9.17, 15) is 13.2 Å². The summed E-state index contributed by atoms with van der Waals surface area (Å²) in [6.45, 7) is 1.84. The average Bonchev–Trinajstić information content (AvgIpc) is 2.88. The molecular weight excluding hydrogens is 400 g/mol. The van der Waals surface area contributed by atoms with Crippen molar-refractivity contribution < 1.29 is 17.9 Å². The van der Waals surface area contributed by atoms with Crippen LogP contribution in [0.15, 0.2) is 59.5 Å². The van der Waals surface area contributed by atoms with Crippen molar-refractivity contribution >= 4 is 49.7 Å². The number of carbonyl (C=O) groups is 1. The number of halogens is 1. The lowest BCUT2D eigenvalue weighted by Gasteiger charge is -2.19. The highest BCUT2D eigenvalue weighted by Crippen LogP contribution is 2.42. The van der Waals surface area contributed by atoms with Crippen LogP contribution in [0.4, 0.5) is 11.4 Å². The summed E-state index contributed by atoms with van der Waals surface area (Å²) in [7, 11) is -3.80. The molecule has 6 nitrogen and oxygen atoms in total. The third-order valence-corrected chi connectivity index (χ3v) is 6.60. The Morgan fingerprint density at radius 3 is 2.57 bits per heavy atom. The second kappa shape index (κ2) is 7.00. The Kier molecular flexibility index (Phi) is 4.64. The second-order valence-corrected chi connectivity index (χ2v) is 8.48. The smallest absolute Gasteiger partial charge is 0.265 e. The van der Waals surface area contributed by atoms with Crippen molar-refractivity contribution in [2.75, 3.05) is 22.8 Å². The van der Waals surface area contributed by atoms with Crippen molar-refractivity contribution in [2.24, 2.45) is 0 Å². The number of hydrogen-bond donors (Lipinski definition) is 1. The fraction of sp³-hybridized carbons (Fsp3) is 0.150. The van der Waals surface area contributed by atoms with E-state index in [4.69, 9.17) is 16.3 Å². The van der Waals surface area contributed by atoms with Crippen molar-refractivity contribution in [3.8, 4) is 5.75 Å². The highest BCUT2D eigenvalue weighted by atomic mass is 35.5. The van der Waals surface area contributed by atoms with Gasteiger partial charge in [0, 0.05) is 5.39 Å². The molecule has 3 aromatic carbocycles. The topological polar surface area (TPSA) is 75.7 Å². The van der Waals surface area contributed by atoms with Crippen LogP contribution in [0.3, 0.4) is 0 Å². The molecule has 0 atom stereocenters. The normalized spacial score (nSPS) is 14.3. The van der Waals surface area contributed by atoms with E-state index in [1.54, 1.807) is 42.5 Å². The number of para-hydroxylation sites is 1. The monoisotopic (exact) mass is 416 g/mol. The second-order valence-electron chi connectivity index (χ2n) is 6.24. The van der Waals surface area contributed by atoms with Gasteiger partial charge in [-0.05, 0) is 36.6 Å². The van der Waals surface area contributed by atoms with E-state index in [-0.39, 0.29) is 11.4 Å². The predicted molar refractivity (Wildman–Crippen MR) is 110 cm³/mol. The van der Waals surface area contributed by atoms with Gasteiger partial charge in [-0.2, -0.15) is 0 Å². The van der Waals surface area contributed by atoms with E-state index in [1.165, 1.54) is 0 Å². The number of anilines is 2. The zero-order chi connectivity index (χ0) is 19.9. The van der Waals surface area contributed by atoms with E-state index in [2.05, 4.69) is 5.32 Å². The molecule has 1 aliphatic heterocycles. The average molecular weight is 417 g/mol. The van der Waals surface area contributed by atoms with Crippen molar-refractivity contribution in [2.45, 2.75) is 11.8 Å². The lowest BCUT2D eigenvalue weighted by Crippen LogP contribution is -2.35. The fourth-order valence-corrected chi connectivity index (χ4v) is 5.24. The van der Waals surface area contributed by atoms with Crippen LogP contribution in [0.2, 0.25) is 5.02 Å². The summed E-state index contributed by atoms with van der Waals surface area (Å²) in [4.78, 5) is 12.9. The van der Waals surface area contributed by atoms with Crippen molar-refractivity contribution in [3.05, 3.63) is 59.6 Å². The van der Waals surface area contributed by atoms with Gasteiger partial charge >= 0.3 is 0 Å². The third-order valence-electron chi connectivity index (χ3n) is 4.50.